The molecule has 2 nitrogen and oxygen atoms in total. The molecule has 15 heavy (non-hydrogen) atoms. The number of H-pyrrole nitrogens is 1. The number of rotatable bonds is 1. The van der Waals surface area contributed by atoms with E-state index < -0.39 is 0 Å². The van der Waals surface area contributed by atoms with Crippen molar-refractivity contribution in [1.29, 1.82) is 0 Å². The zero-order chi connectivity index (χ0) is 10.3. The van der Waals surface area contributed by atoms with E-state index in [1.54, 1.807) is 11.3 Å². The van der Waals surface area contributed by atoms with Crippen LogP contribution in [-0.4, -0.2) is 18.1 Å². The van der Waals surface area contributed by atoms with E-state index in [4.69, 9.17) is 12.2 Å². The van der Waals surface area contributed by atoms with Gasteiger partial charge >= 0.3 is 0 Å². The van der Waals surface area contributed by atoms with E-state index in [-0.39, 0.29) is 0 Å². The molecule has 1 aliphatic heterocycles. The van der Waals surface area contributed by atoms with Gasteiger partial charge in [-0.1, -0.05) is 0 Å². The van der Waals surface area contributed by atoms with E-state index in [2.05, 4.69) is 28.1 Å². The van der Waals surface area contributed by atoms with Crippen molar-refractivity contribution >= 4 is 39.5 Å². The standard InChI is InChI=1S/C11H12N2S2/c14-11-12-9-4-3-8(7-10(9)15-11)13-5-1-2-6-13/h3-4,7H,1-2,5-6H2,(H,12,14). The lowest BCUT2D eigenvalue weighted by atomic mass is 10.3. The topological polar surface area (TPSA) is 19.0 Å². The van der Waals surface area contributed by atoms with Crippen molar-refractivity contribution in [2.24, 2.45) is 0 Å². The number of hydrogen-bond acceptors (Lipinski definition) is 3. The minimum Gasteiger partial charge on any atom is -0.371 e. The van der Waals surface area contributed by atoms with Gasteiger partial charge in [0.1, 0.15) is 0 Å². The number of anilines is 1. The third-order valence-electron chi connectivity index (χ3n) is 2.88. The fourth-order valence-corrected chi connectivity index (χ4v) is 3.25. The molecule has 1 aliphatic rings. The smallest absolute Gasteiger partial charge is 0.159 e. The molecule has 0 aliphatic carbocycles. The number of nitrogens with one attached hydrogen (secondary N) is 1. The van der Waals surface area contributed by atoms with Gasteiger partial charge < -0.3 is 9.88 Å². The third kappa shape index (κ3) is 1.68. The van der Waals surface area contributed by atoms with Crippen LogP contribution in [0.25, 0.3) is 10.2 Å². The van der Waals surface area contributed by atoms with Crippen LogP contribution in [0.2, 0.25) is 0 Å². The number of aromatic amines is 1. The molecular formula is C11H12N2S2. The van der Waals surface area contributed by atoms with Crippen molar-refractivity contribution in [1.82, 2.24) is 4.98 Å². The maximum absolute atomic E-state index is 5.14. The van der Waals surface area contributed by atoms with Gasteiger partial charge in [-0.25, -0.2) is 0 Å². The van der Waals surface area contributed by atoms with Gasteiger partial charge in [0.25, 0.3) is 0 Å². The predicted molar refractivity (Wildman–Crippen MR) is 68.5 cm³/mol. The fourth-order valence-electron chi connectivity index (χ4n) is 2.11. The van der Waals surface area contributed by atoms with Gasteiger partial charge in [-0.15, -0.1) is 11.3 Å². The van der Waals surface area contributed by atoms with Crippen LogP contribution in [0.4, 0.5) is 5.69 Å². The third-order valence-corrected chi connectivity index (χ3v) is 4.07. The SMILES string of the molecule is S=c1[nH]c2ccc(N3CCCC3)cc2s1. The van der Waals surface area contributed by atoms with E-state index in [9.17, 15) is 0 Å². The Bertz CT molecular complexity index is 535. The first-order valence-electron chi connectivity index (χ1n) is 5.21. The maximum atomic E-state index is 5.14. The maximum Gasteiger partial charge on any atom is 0.159 e. The molecule has 0 bridgehead atoms. The number of nitrogens with zero attached hydrogens (tertiary/aromatic N) is 1. The number of thiazole rings is 1. The Labute approximate surface area is 97.5 Å². The molecule has 2 aromatic rings. The zero-order valence-electron chi connectivity index (χ0n) is 8.32. The molecule has 1 aromatic heterocycles. The molecule has 0 radical (unpaired) electrons. The van der Waals surface area contributed by atoms with Crippen molar-refractivity contribution in [2.45, 2.75) is 12.8 Å². The average molecular weight is 236 g/mol. The van der Waals surface area contributed by atoms with Crippen molar-refractivity contribution in [3.63, 3.8) is 0 Å². The Morgan fingerprint density at radius 3 is 2.87 bits per heavy atom. The number of hydrogen-bond donors (Lipinski definition) is 1. The van der Waals surface area contributed by atoms with Crippen LogP contribution in [0.5, 0.6) is 0 Å². The first kappa shape index (κ1) is 9.36. The summed E-state index contributed by atoms with van der Waals surface area (Å²) in [6.45, 7) is 2.39. The normalized spacial score (nSPS) is 16.4. The zero-order valence-corrected chi connectivity index (χ0v) is 9.96. The summed E-state index contributed by atoms with van der Waals surface area (Å²) in [5.74, 6) is 0. The van der Waals surface area contributed by atoms with Crippen LogP contribution in [0.15, 0.2) is 18.2 Å². The molecule has 0 spiro atoms. The summed E-state index contributed by atoms with van der Waals surface area (Å²) in [6, 6.07) is 6.57. The van der Waals surface area contributed by atoms with Gasteiger partial charge in [0, 0.05) is 18.8 Å². The monoisotopic (exact) mass is 236 g/mol. The molecule has 0 atom stereocenters. The van der Waals surface area contributed by atoms with Gasteiger partial charge in [-0.05, 0) is 43.3 Å². The van der Waals surface area contributed by atoms with Crippen LogP contribution in [0.3, 0.4) is 0 Å². The molecule has 1 aromatic carbocycles. The van der Waals surface area contributed by atoms with Crippen LogP contribution in [0.1, 0.15) is 12.8 Å². The minimum absolute atomic E-state index is 0.864. The van der Waals surface area contributed by atoms with Crippen molar-refractivity contribution in [3.8, 4) is 0 Å². The second-order valence-corrected chi connectivity index (χ2v) is 5.61. The second kappa shape index (κ2) is 3.61. The molecule has 4 heteroatoms. The van der Waals surface area contributed by atoms with E-state index >= 15 is 0 Å². The molecule has 78 valence electrons. The lowest BCUT2D eigenvalue weighted by molar-refractivity contribution is 0.949. The van der Waals surface area contributed by atoms with Gasteiger partial charge in [0.05, 0.1) is 10.2 Å². The van der Waals surface area contributed by atoms with Gasteiger partial charge in [-0.3, -0.25) is 0 Å². The van der Waals surface area contributed by atoms with Gasteiger partial charge in [0.2, 0.25) is 0 Å². The van der Waals surface area contributed by atoms with E-state index in [1.807, 2.05) is 0 Å². The summed E-state index contributed by atoms with van der Waals surface area (Å²) < 4.78 is 2.13. The summed E-state index contributed by atoms with van der Waals surface area (Å²) in [7, 11) is 0. The van der Waals surface area contributed by atoms with Crippen molar-refractivity contribution in [3.05, 3.63) is 22.2 Å². The fraction of sp³-hybridized carbons (Fsp3) is 0.364. The van der Waals surface area contributed by atoms with Gasteiger partial charge in [0.15, 0.2) is 3.95 Å². The van der Waals surface area contributed by atoms with Gasteiger partial charge in [-0.2, -0.15) is 0 Å². The van der Waals surface area contributed by atoms with Crippen molar-refractivity contribution < 1.29 is 0 Å². The van der Waals surface area contributed by atoms with E-state index in [0.29, 0.717) is 0 Å². The highest BCUT2D eigenvalue weighted by Crippen LogP contribution is 2.27. The highest BCUT2D eigenvalue weighted by Gasteiger charge is 2.12. The van der Waals surface area contributed by atoms with Crippen LogP contribution in [-0.2, 0) is 0 Å². The molecule has 1 fully saturated rings. The molecule has 1 saturated heterocycles. The molecule has 0 saturated carbocycles. The first-order valence-corrected chi connectivity index (χ1v) is 6.43. The average Bonchev–Trinajstić information content (AvgIpc) is 2.82. The van der Waals surface area contributed by atoms with Crippen LogP contribution < -0.4 is 4.90 Å². The predicted octanol–water partition coefficient (Wildman–Crippen LogP) is 3.56. The molecule has 2 heterocycles. The summed E-state index contributed by atoms with van der Waals surface area (Å²) in [4.78, 5) is 5.64. The van der Waals surface area contributed by atoms with Crippen molar-refractivity contribution in [2.75, 3.05) is 18.0 Å². The quantitative estimate of drug-likeness (QED) is 0.763. The summed E-state index contributed by atoms with van der Waals surface area (Å²) >= 11 is 6.80. The van der Waals surface area contributed by atoms with Crippen LogP contribution in [0, 0.1) is 3.95 Å². The second-order valence-electron chi connectivity index (χ2n) is 3.89. The lowest BCUT2D eigenvalue weighted by Gasteiger charge is -2.17. The highest BCUT2D eigenvalue weighted by molar-refractivity contribution is 7.73. The number of fused-ring (bicyclic) bond motifs is 1. The Morgan fingerprint density at radius 1 is 1.27 bits per heavy atom. The highest BCUT2D eigenvalue weighted by atomic mass is 32.1. The summed E-state index contributed by atoms with van der Waals surface area (Å²) in [5, 5.41) is 0. The molecule has 1 N–H and O–H groups in total. The number of benzene rings is 1. The Morgan fingerprint density at radius 2 is 2.07 bits per heavy atom. The molecule has 3 rings (SSSR count). The lowest BCUT2D eigenvalue weighted by Crippen LogP contribution is -2.17. The summed E-state index contributed by atoms with van der Waals surface area (Å²) in [5.41, 5.74) is 2.50. The Hall–Kier alpha value is -0.870. The molecule has 0 amide bonds. The molecule has 0 unspecified atom stereocenters. The van der Waals surface area contributed by atoms with E-state index in [1.165, 1.54) is 36.3 Å². The summed E-state index contributed by atoms with van der Waals surface area (Å²) in [6.07, 6.45) is 2.64. The first-order chi connectivity index (χ1) is 7.33. The van der Waals surface area contributed by atoms with E-state index in [0.717, 1.165) is 9.47 Å². The molecular weight excluding hydrogens is 224 g/mol. The largest absolute Gasteiger partial charge is 0.371 e. The Balaban J connectivity index is 2.08. The minimum atomic E-state index is 0.864. The Kier molecular flexibility index (Phi) is 2.25. The number of aromatic nitrogens is 1. The van der Waals surface area contributed by atoms with Crippen LogP contribution >= 0.6 is 23.6 Å².